The van der Waals surface area contributed by atoms with Crippen molar-refractivity contribution < 1.29 is 4.79 Å². The summed E-state index contributed by atoms with van der Waals surface area (Å²) in [6.07, 6.45) is 0. The Hall–Kier alpha value is -3.31. The highest BCUT2D eigenvalue weighted by Crippen LogP contribution is 2.31. The van der Waals surface area contributed by atoms with Gasteiger partial charge < -0.3 is 9.88 Å². The molecule has 154 valence electrons. The van der Waals surface area contributed by atoms with Crippen molar-refractivity contribution in [2.24, 2.45) is 0 Å². The number of nitrogens with zero attached hydrogens (tertiary/aromatic N) is 2. The minimum absolute atomic E-state index is 0.0313. The number of hydrogen-bond acceptors (Lipinski definition) is 3. The molecule has 31 heavy (non-hydrogen) atoms. The molecule has 1 N–H and O–H groups in total. The summed E-state index contributed by atoms with van der Waals surface area (Å²) < 4.78 is 2.31. The van der Waals surface area contributed by atoms with Crippen LogP contribution in [0.25, 0.3) is 32.7 Å². The summed E-state index contributed by atoms with van der Waals surface area (Å²) in [4.78, 5) is 17.3. The Balaban J connectivity index is 1.35. The molecule has 0 atom stereocenters. The maximum atomic E-state index is 12.6. The number of benzene rings is 3. The van der Waals surface area contributed by atoms with E-state index in [1.807, 2.05) is 30.3 Å². The largest absolute Gasteiger partial charge is 0.341 e. The lowest BCUT2D eigenvalue weighted by Gasteiger charge is -2.08. The number of rotatable bonds is 5. The zero-order valence-corrected chi connectivity index (χ0v) is 18.4. The third-order valence-electron chi connectivity index (χ3n) is 5.62. The number of aromatic nitrogens is 2. The Morgan fingerprint density at radius 3 is 2.52 bits per heavy atom. The van der Waals surface area contributed by atoms with E-state index in [2.05, 4.69) is 71.2 Å². The van der Waals surface area contributed by atoms with Gasteiger partial charge in [0.2, 0.25) is 5.91 Å². The van der Waals surface area contributed by atoms with Crippen molar-refractivity contribution >= 4 is 56.1 Å². The van der Waals surface area contributed by atoms with Crippen LogP contribution >= 0.6 is 11.8 Å². The van der Waals surface area contributed by atoms with E-state index in [0.717, 1.165) is 33.5 Å². The molecule has 3 aromatic carbocycles. The van der Waals surface area contributed by atoms with Gasteiger partial charge >= 0.3 is 0 Å². The maximum absolute atomic E-state index is 12.6. The van der Waals surface area contributed by atoms with Gasteiger partial charge in [-0.2, -0.15) is 0 Å². The van der Waals surface area contributed by atoms with E-state index >= 15 is 0 Å². The molecule has 0 spiro atoms. The quantitative estimate of drug-likeness (QED) is 0.331. The first-order valence-corrected chi connectivity index (χ1v) is 11.4. The first-order chi connectivity index (χ1) is 15.1. The van der Waals surface area contributed by atoms with Crippen LogP contribution in [0.5, 0.6) is 0 Å². The molecule has 0 radical (unpaired) electrons. The van der Waals surface area contributed by atoms with Crippen molar-refractivity contribution in [3.8, 4) is 0 Å². The van der Waals surface area contributed by atoms with E-state index in [0.29, 0.717) is 5.75 Å². The predicted octanol–water partition coefficient (Wildman–Crippen LogP) is 6.40. The Morgan fingerprint density at radius 1 is 0.935 bits per heavy atom. The van der Waals surface area contributed by atoms with Gasteiger partial charge in [0.25, 0.3) is 0 Å². The monoisotopic (exact) mass is 425 g/mol. The van der Waals surface area contributed by atoms with E-state index in [4.69, 9.17) is 0 Å². The van der Waals surface area contributed by atoms with E-state index in [9.17, 15) is 4.79 Å². The molecule has 5 rings (SSSR count). The summed E-state index contributed by atoms with van der Waals surface area (Å²) in [7, 11) is 0. The summed E-state index contributed by atoms with van der Waals surface area (Å²) in [5.41, 5.74) is 5.36. The lowest BCUT2D eigenvalue weighted by atomic mass is 10.1. The molecule has 2 heterocycles. The van der Waals surface area contributed by atoms with Crippen molar-refractivity contribution in [2.75, 3.05) is 11.1 Å². The second-order valence-corrected chi connectivity index (χ2v) is 8.62. The van der Waals surface area contributed by atoms with Crippen molar-refractivity contribution in [2.45, 2.75) is 25.4 Å². The molecular weight excluding hydrogens is 402 g/mol. The van der Waals surface area contributed by atoms with Crippen LogP contribution in [0.3, 0.4) is 0 Å². The number of thioether (sulfide) groups is 1. The number of anilines is 1. The minimum atomic E-state index is -0.0313. The highest BCUT2D eigenvalue weighted by molar-refractivity contribution is 7.99. The summed E-state index contributed by atoms with van der Waals surface area (Å²) in [6, 6.07) is 24.7. The third-order valence-corrected chi connectivity index (χ3v) is 6.53. The summed E-state index contributed by atoms with van der Waals surface area (Å²) >= 11 is 1.46. The first-order valence-electron chi connectivity index (χ1n) is 10.4. The van der Waals surface area contributed by atoms with Crippen LogP contribution in [0, 0.1) is 6.92 Å². The van der Waals surface area contributed by atoms with Gasteiger partial charge in [-0.3, -0.25) is 4.79 Å². The molecule has 0 aliphatic carbocycles. The lowest BCUT2D eigenvalue weighted by molar-refractivity contribution is -0.113. The van der Waals surface area contributed by atoms with Crippen LogP contribution in [0.2, 0.25) is 0 Å². The van der Waals surface area contributed by atoms with Gasteiger partial charge in [0.15, 0.2) is 0 Å². The first kappa shape index (κ1) is 19.6. The van der Waals surface area contributed by atoms with Crippen LogP contribution in [0.4, 0.5) is 5.69 Å². The van der Waals surface area contributed by atoms with Gasteiger partial charge in [-0.1, -0.05) is 48.2 Å². The van der Waals surface area contributed by atoms with Crippen molar-refractivity contribution in [1.82, 2.24) is 9.55 Å². The maximum Gasteiger partial charge on any atom is 0.234 e. The number of hydrogen-bond donors (Lipinski definition) is 1. The molecule has 4 nitrogen and oxygen atoms in total. The smallest absolute Gasteiger partial charge is 0.234 e. The fraction of sp³-hybridized carbons (Fsp3) is 0.154. The minimum Gasteiger partial charge on any atom is -0.341 e. The third kappa shape index (κ3) is 3.66. The molecule has 0 bridgehead atoms. The normalized spacial score (nSPS) is 11.4. The highest BCUT2D eigenvalue weighted by atomic mass is 32.2. The molecule has 0 saturated carbocycles. The highest BCUT2D eigenvalue weighted by Gasteiger charge is 2.11. The molecule has 0 saturated heterocycles. The molecule has 0 aliphatic rings. The van der Waals surface area contributed by atoms with Crippen molar-refractivity contribution in [3.05, 3.63) is 78.4 Å². The average molecular weight is 426 g/mol. The van der Waals surface area contributed by atoms with Crippen LogP contribution in [-0.2, 0) is 11.3 Å². The number of nitrogens with one attached hydrogen (secondary N) is 1. The Labute approximate surface area is 185 Å². The number of para-hydroxylation sites is 2. The van der Waals surface area contributed by atoms with Gasteiger partial charge in [0.1, 0.15) is 0 Å². The summed E-state index contributed by atoms with van der Waals surface area (Å²) in [6.45, 7) is 5.14. The van der Waals surface area contributed by atoms with Gasteiger partial charge in [0, 0.05) is 39.4 Å². The van der Waals surface area contributed by atoms with E-state index in [1.54, 1.807) is 0 Å². The molecule has 5 heteroatoms. The predicted molar refractivity (Wildman–Crippen MR) is 131 cm³/mol. The van der Waals surface area contributed by atoms with E-state index < -0.39 is 0 Å². The second-order valence-electron chi connectivity index (χ2n) is 7.62. The lowest BCUT2D eigenvalue weighted by Crippen LogP contribution is -2.14. The molecule has 5 aromatic rings. The molecule has 0 aliphatic heterocycles. The molecule has 1 amide bonds. The standard InChI is InChI=1S/C26H23N3OS/c1-3-29-23-11-7-5-9-20(23)21-15-18(12-13-24(21)29)27-25(30)16-31-26-14-17(2)19-8-4-6-10-22(19)28-26/h4-15H,3,16H2,1-2H3,(H,27,30). The number of pyridine rings is 1. The van der Waals surface area contributed by atoms with Gasteiger partial charge in [-0.15, -0.1) is 0 Å². The van der Waals surface area contributed by atoms with E-state index in [1.165, 1.54) is 33.7 Å². The molecule has 0 fully saturated rings. The van der Waals surface area contributed by atoms with Gasteiger partial charge in [0.05, 0.1) is 16.3 Å². The fourth-order valence-corrected chi connectivity index (χ4v) is 4.98. The van der Waals surface area contributed by atoms with Crippen molar-refractivity contribution in [1.29, 1.82) is 0 Å². The second kappa shape index (κ2) is 8.08. The van der Waals surface area contributed by atoms with Crippen LogP contribution in [0.15, 0.2) is 77.8 Å². The van der Waals surface area contributed by atoms with E-state index in [-0.39, 0.29) is 5.91 Å². The Kier molecular flexibility index (Phi) is 5.12. The number of aryl methyl sites for hydroxylation is 2. The van der Waals surface area contributed by atoms with Gasteiger partial charge in [-0.25, -0.2) is 4.98 Å². The molecule has 0 unspecified atom stereocenters. The zero-order chi connectivity index (χ0) is 21.4. The topological polar surface area (TPSA) is 46.9 Å². The van der Waals surface area contributed by atoms with Crippen molar-refractivity contribution in [3.63, 3.8) is 0 Å². The molecular formula is C26H23N3OS. The van der Waals surface area contributed by atoms with Crippen LogP contribution in [0.1, 0.15) is 12.5 Å². The average Bonchev–Trinajstić information content (AvgIpc) is 3.11. The SMILES string of the molecule is CCn1c2ccccc2c2cc(NC(=O)CSc3cc(C)c4ccccc4n3)ccc21. The number of carbonyl (C=O) groups is 1. The number of carbonyl (C=O) groups excluding carboxylic acids is 1. The Morgan fingerprint density at radius 2 is 1.68 bits per heavy atom. The van der Waals surface area contributed by atoms with Crippen LogP contribution in [-0.4, -0.2) is 21.2 Å². The number of fused-ring (bicyclic) bond motifs is 4. The van der Waals surface area contributed by atoms with Crippen LogP contribution < -0.4 is 5.32 Å². The number of amides is 1. The Bertz CT molecular complexity index is 1440. The molecule has 2 aromatic heterocycles. The van der Waals surface area contributed by atoms with Gasteiger partial charge in [-0.05, 0) is 55.8 Å². The fourth-order valence-electron chi connectivity index (χ4n) is 4.20. The summed E-state index contributed by atoms with van der Waals surface area (Å²) in [5, 5.41) is 7.44. The zero-order valence-electron chi connectivity index (χ0n) is 17.6. The summed E-state index contributed by atoms with van der Waals surface area (Å²) in [5.74, 6) is 0.288.